The van der Waals surface area contributed by atoms with E-state index in [0.717, 1.165) is 19.4 Å². The third kappa shape index (κ3) is 2.27. The van der Waals surface area contributed by atoms with Crippen molar-refractivity contribution in [3.63, 3.8) is 0 Å². The number of hydrogen-bond acceptors (Lipinski definition) is 3. The first-order valence-corrected chi connectivity index (χ1v) is 6.52. The zero-order chi connectivity index (χ0) is 11.7. The summed E-state index contributed by atoms with van der Waals surface area (Å²) < 4.78 is 11.3. The topological polar surface area (TPSA) is 38.7 Å². The summed E-state index contributed by atoms with van der Waals surface area (Å²) in [5, 5.41) is 10.5. The molecule has 2 saturated heterocycles. The molecule has 2 rings (SSSR count). The smallest absolute Gasteiger partial charge is 0.0646 e. The molecular weight excluding hydrogens is 204 g/mol. The predicted octanol–water partition coefficient (Wildman–Crippen LogP) is 1.83. The third-order valence-corrected chi connectivity index (χ3v) is 4.39. The average Bonchev–Trinajstić information content (AvgIpc) is 2.54. The maximum Gasteiger partial charge on any atom is 0.0646 e. The molecule has 3 heteroatoms. The number of hydrogen-bond donors (Lipinski definition) is 1. The molecule has 0 aromatic carbocycles. The fourth-order valence-corrected chi connectivity index (χ4v) is 3.23. The van der Waals surface area contributed by atoms with Crippen LogP contribution >= 0.6 is 0 Å². The van der Waals surface area contributed by atoms with Gasteiger partial charge in [-0.05, 0) is 32.6 Å². The summed E-state index contributed by atoms with van der Waals surface area (Å²) in [6.45, 7) is 7.94. The quantitative estimate of drug-likeness (QED) is 0.783. The van der Waals surface area contributed by atoms with Gasteiger partial charge in [0, 0.05) is 18.4 Å². The highest BCUT2D eigenvalue weighted by Gasteiger charge is 2.43. The molecule has 0 bridgehead atoms. The van der Waals surface area contributed by atoms with Crippen molar-refractivity contribution in [2.45, 2.75) is 51.9 Å². The number of rotatable bonds is 2. The Morgan fingerprint density at radius 1 is 1.19 bits per heavy atom. The van der Waals surface area contributed by atoms with Crippen LogP contribution in [0.2, 0.25) is 0 Å². The summed E-state index contributed by atoms with van der Waals surface area (Å²) in [5.41, 5.74) is 0. The fraction of sp³-hybridized carbons (Fsp3) is 1.00. The van der Waals surface area contributed by atoms with E-state index in [9.17, 15) is 5.11 Å². The minimum Gasteiger partial charge on any atom is -0.392 e. The monoisotopic (exact) mass is 228 g/mol. The SMILES string of the molecule is CC1OC(C)C(C(O)C2CCCOC2)C1C. The molecule has 3 nitrogen and oxygen atoms in total. The molecule has 2 aliphatic rings. The van der Waals surface area contributed by atoms with Gasteiger partial charge in [-0.2, -0.15) is 0 Å². The molecule has 0 aromatic heterocycles. The average molecular weight is 228 g/mol. The maximum absolute atomic E-state index is 10.5. The van der Waals surface area contributed by atoms with Crippen molar-refractivity contribution in [2.24, 2.45) is 17.8 Å². The van der Waals surface area contributed by atoms with Gasteiger partial charge in [0.2, 0.25) is 0 Å². The molecule has 2 aliphatic heterocycles. The Hall–Kier alpha value is -0.120. The molecule has 0 aromatic rings. The van der Waals surface area contributed by atoms with Crippen molar-refractivity contribution in [1.29, 1.82) is 0 Å². The molecule has 16 heavy (non-hydrogen) atoms. The molecule has 94 valence electrons. The van der Waals surface area contributed by atoms with Crippen LogP contribution in [-0.2, 0) is 9.47 Å². The second-order valence-electron chi connectivity index (χ2n) is 5.45. The van der Waals surface area contributed by atoms with E-state index in [1.165, 1.54) is 0 Å². The Labute approximate surface area is 98.1 Å². The highest BCUT2D eigenvalue weighted by atomic mass is 16.5. The van der Waals surface area contributed by atoms with Crippen LogP contribution < -0.4 is 0 Å². The van der Waals surface area contributed by atoms with Crippen molar-refractivity contribution < 1.29 is 14.6 Å². The third-order valence-electron chi connectivity index (χ3n) is 4.39. The summed E-state index contributed by atoms with van der Waals surface area (Å²) >= 11 is 0. The van der Waals surface area contributed by atoms with Crippen LogP contribution in [0.1, 0.15) is 33.6 Å². The maximum atomic E-state index is 10.5. The molecule has 2 heterocycles. The van der Waals surface area contributed by atoms with E-state index in [4.69, 9.17) is 9.47 Å². The first kappa shape index (κ1) is 12.3. The van der Waals surface area contributed by atoms with Crippen molar-refractivity contribution in [3.05, 3.63) is 0 Å². The van der Waals surface area contributed by atoms with E-state index in [1.54, 1.807) is 0 Å². The second kappa shape index (κ2) is 5.03. The lowest BCUT2D eigenvalue weighted by atomic mass is 9.78. The number of ether oxygens (including phenoxy) is 2. The van der Waals surface area contributed by atoms with Crippen molar-refractivity contribution >= 4 is 0 Å². The van der Waals surface area contributed by atoms with Gasteiger partial charge in [0.25, 0.3) is 0 Å². The van der Waals surface area contributed by atoms with E-state index in [-0.39, 0.29) is 24.2 Å². The Bertz CT molecular complexity index is 225. The van der Waals surface area contributed by atoms with E-state index < -0.39 is 0 Å². The van der Waals surface area contributed by atoms with E-state index in [0.29, 0.717) is 18.4 Å². The molecule has 1 N–H and O–H groups in total. The van der Waals surface area contributed by atoms with Crippen LogP contribution in [0.5, 0.6) is 0 Å². The molecule has 2 fully saturated rings. The summed E-state index contributed by atoms with van der Waals surface area (Å²) in [6.07, 6.45) is 2.33. The molecule has 0 radical (unpaired) electrons. The molecule has 0 spiro atoms. The fourth-order valence-electron chi connectivity index (χ4n) is 3.23. The predicted molar refractivity (Wildman–Crippen MR) is 62.2 cm³/mol. The zero-order valence-corrected chi connectivity index (χ0v) is 10.6. The standard InChI is InChI=1S/C13H24O3/c1-8-9(2)16-10(3)12(8)13(14)11-5-4-6-15-7-11/h8-14H,4-7H2,1-3H3. The van der Waals surface area contributed by atoms with Crippen LogP contribution in [0.4, 0.5) is 0 Å². The lowest BCUT2D eigenvalue weighted by Crippen LogP contribution is -2.40. The number of aliphatic hydroxyl groups excluding tert-OH is 1. The lowest BCUT2D eigenvalue weighted by molar-refractivity contribution is -0.0515. The highest BCUT2D eigenvalue weighted by molar-refractivity contribution is 4.91. The molecule has 0 aliphatic carbocycles. The molecule has 0 saturated carbocycles. The second-order valence-corrected chi connectivity index (χ2v) is 5.45. The summed E-state index contributed by atoms with van der Waals surface area (Å²) in [4.78, 5) is 0. The summed E-state index contributed by atoms with van der Waals surface area (Å²) in [5.74, 6) is 1.01. The van der Waals surface area contributed by atoms with E-state index >= 15 is 0 Å². The van der Waals surface area contributed by atoms with Crippen molar-refractivity contribution in [3.8, 4) is 0 Å². The van der Waals surface area contributed by atoms with Gasteiger partial charge in [-0.3, -0.25) is 0 Å². The highest BCUT2D eigenvalue weighted by Crippen LogP contribution is 2.38. The van der Waals surface area contributed by atoms with Crippen molar-refractivity contribution in [2.75, 3.05) is 13.2 Å². The summed E-state index contributed by atoms with van der Waals surface area (Å²) in [6, 6.07) is 0. The van der Waals surface area contributed by atoms with Crippen LogP contribution in [0.25, 0.3) is 0 Å². The normalized spacial score (nSPS) is 46.9. The van der Waals surface area contributed by atoms with Gasteiger partial charge in [-0.1, -0.05) is 6.92 Å². The van der Waals surface area contributed by atoms with Crippen molar-refractivity contribution in [1.82, 2.24) is 0 Å². The van der Waals surface area contributed by atoms with Gasteiger partial charge >= 0.3 is 0 Å². The van der Waals surface area contributed by atoms with Gasteiger partial charge in [-0.15, -0.1) is 0 Å². The van der Waals surface area contributed by atoms with Gasteiger partial charge in [0.05, 0.1) is 24.9 Å². The minimum absolute atomic E-state index is 0.168. The number of aliphatic hydroxyl groups is 1. The first-order chi connectivity index (χ1) is 7.61. The molecular formula is C13H24O3. The Morgan fingerprint density at radius 3 is 2.44 bits per heavy atom. The van der Waals surface area contributed by atoms with Crippen LogP contribution in [0.3, 0.4) is 0 Å². The van der Waals surface area contributed by atoms with Crippen LogP contribution in [0.15, 0.2) is 0 Å². The van der Waals surface area contributed by atoms with Crippen LogP contribution in [0, 0.1) is 17.8 Å². The molecule has 6 unspecified atom stereocenters. The van der Waals surface area contributed by atoms with Gasteiger partial charge in [-0.25, -0.2) is 0 Å². The Balaban J connectivity index is 1.99. The molecule has 0 amide bonds. The Kier molecular flexibility index (Phi) is 3.88. The zero-order valence-electron chi connectivity index (χ0n) is 10.6. The first-order valence-electron chi connectivity index (χ1n) is 6.52. The van der Waals surface area contributed by atoms with E-state index in [2.05, 4.69) is 20.8 Å². The van der Waals surface area contributed by atoms with Gasteiger partial charge in [0.15, 0.2) is 0 Å². The Morgan fingerprint density at radius 2 is 1.94 bits per heavy atom. The van der Waals surface area contributed by atoms with E-state index in [1.807, 2.05) is 0 Å². The van der Waals surface area contributed by atoms with Gasteiger partial charge < -0.3 is 14.6 Å². The lowest BCUT2D eigenvalue weighted by Gasteiger charge is -2.33. The molecule has 6 atom stereocenters. The minimum atomic E-state index is -0.268. The van der Waals surface area contributed by atoms with Gasteiger partial charge in [0.1, 0.15) is 0 Å². The largest absolute Gasteiger partial charge is 0.392 e. The van der Waals surface area contributed by atoms with Crippen LogP contribution in [-0.4, -0.2) is 36.6 Å². The summed E-state index contributed by atoms with van der Waals surface area (Å²) in [7, 11) is 0.